The molecule has 2 atom stereocenters. The van der Waals surface area contributed by atoms with E-state index >= 15 is 0 Å². The average molecular weight is 686 g/mol. The van der Waals surface area contributed by atoms with Crippen LogP contribution in [0.2, 0.25) is 0 Å². The van der Waals surface area contributed by atoms with Crippen molar-refractivity contribution in [2.24, 2.45) is 0 Å². The lowest BCUT2D eigenvalue weighted by Gasteiger charge is -2.46. The second-order valence-electron chi connectivity index (χ2n) is 10.4. The lowest BCUT2D eigenvalue weighted by molar-refractivity contribution is -0.940. The van der Waals surface area contributed by atoms with E-state index in [-0.39, 0.29) is 42.0 Å². The summed E-state index contributed by atoms with van der Waals surface area (Å²) < 4.78 is 33.4. The molecule has 41 heavy (non-hydrogen) atoms. The summed E-state index contributed by atoms with van der Waals surface area (Å²) >= 11 is 0. The summed E-state index contributed by atoms with van der Waals surface area (Å²) in [6.07, 6.45) is 4.29. The van der Waals surface area contributed by atoms with Crippen molar-refractivity contribution in [3.05, 3.63) is 47.0 Å². The van der Waals surface area contributed by atoms with Gasteiger partial charge in [-0.3, -0.25) is 9.59 Å². The van der Waals surface area contributed by atoms with Crippen LogP contribution < -0.4 is 42.9 Å². The van der Waals surface area contributed by atoms with Gasteiger partial charge >= 0.3 is 11.9 Å². The van der Waals surface area contributed by atoms with E-state index in [4.69, 9.17) is 28.4 Å². The number of methoxy groups -OCH3 is 4. The molecule has 0 aromatic heterocycles. The number of ether oxygens (including phenoxy) is 6. The van der Waals surface area contributed by atoms with Crippen molar-refractivity contribution < 1.29 is 66.5 Å². The molecule has 0 fully saturated rings. The molecule has 1 aliphatic heterocycles. The Morgan fingerprint density at radius 3 is 2.07 bits per heavy atom. The predicted molar refractivity (Wildman–Crippen MR) is 151 cm³/mol. The van der Waals surface area contributed by atoms with Gasteiger partial charge in [-0.1, -0.05) is 6.07 Å². The van der Waals surface area contributed by atoms with Crippen LogP contribution in [0.25, 0.3) is 0 Å². The predicted octanol–water partition coefficient (Wildman–Crippen LogP) is 1.68. The summed E-state index contributed by atoms with van der Waals surface area (Å²) in [6.45, 7) is 3.70. The molecule has 9 nitrogen and oxygen atoms in total. The number of rotatable bonds is 15. The van der Waals surface area contributed by atoms with Crippen LogP contribution in [0.3, 0.4) is 0 Å². The Kier molecular flexibility index (Phi) is 14.0. The molecule has 0 amide bonds. The van der Waals surface area contributed by atoms with Gasteiger partial charge in [0.25, 0.3) is 0 Å². The zero-order valence-electron chi connectivity index (χ0n) is 25.1. The Bertz CT molecular complexity index is 1160. The van der Waals surface area contributed by atoms with Crippen LogP contribution >= 0.6 is 0 Å². The molecule has 3 rings (SSSR count). The lowest BCUT2D eigenvalue weighted by atomic mass is 9.86. The second kappa shape index (κ2) is 16.6. The number of esters is 2. The molecule has 10 heteroatoms. The number of likely N-dealkylation sites (N-methyl/N-ethyl adjacent to an activating group) is 1. The molecule has 0 bridgehead atoms. The third-order valence-corrected chi connectivity index (χ3v) is 7.71. The standard InChI is InChI=1S/C31H44NO8.HI/c1-22(33)39-16-8-7-9-17-40-31(34)13-15-32(2)14-12-24-20-29(37-5)30(38-6)21-25(24)26(32)18-23-10-11-27(35-3)28(19-23)36-4;/h10-11,19-21,26H,7-9,12-18H2,1-6H3;1H/q+1;/p-1/t26-,32?;/m1./s1. The maximum Gasteiger partial charge on any atom is 0.311 e. The van der Waals surface area contributed by atoms with Gasteiger partial charge in [0.05, 0.1) is 68.2 Å². The molecule has 0 N–H and O–H groups in total. The number of hydrogen-bond donors (Lipinski definition) is 0. The van der Waals surface area contributed by atoms with Gasteiger partial charge in [-0.25, -0.2) is 0 Å². The number of halogens is 1. The van der Waals surface area contributed by atoms with Crippen LogP contribution in [0, 0.1) is 0 Å². The minimum Gasteiger partial charge on any atom is -1.00 e. The first-order valence-corrected chi connectivity index (χ1v) is 13.8. The monoisotopic (exact) mass is 685 g/mol. The minimum absolute atomic E-state index is 0. The first-order chi connectivity index (χ1) is 19.2. The molecule has 2 aromatic carbocycles. The summed E-state index contributed by atoms with van der Waals surface area (Å²) in [7, 11) is 8.79. The van der Waals surface area contributed by atoms with Crippen molar-refractivity contribution in [2.45, 2.75) is 51.5 Å². The van der Waals surface area contributed by atoms with Gasteiger partial charge in [0, 0.05) is 25.3 Å². The third-order valence-electron chi connectivity index (χ3n) is 7.71. The van der Waals surface area contributed by atoms with E-state index in [1.165, 1.54) is 18.1 Å². The number of carbonyl (C=O) groups is 2. The fourth-order valence-corrected chi connectivity index (χ4v) is 5.36. The van der Waals surface area contributed by atoms with Crippen molar-refractivity contribution >= 4 is 11.9 Å². The van der Waals surface area contributed by atoms with E-state index in [2.05, 4.69) is 25.2 Å². The molecule has 1 aliphatic rings. The largest absolute Gasteiger partial charge is 1.00 e. The van der Waals surface area contributed by atoms with E-state index in [1.54, 1.807) is 28.4 Å². The first kappa shape index (κ1) is 34.5. The van der Waals surface area contributed by atoms with E-state index < -0.39 is 0 Å². The number of hydrogen-bond acceptors (Lipinski definition) is 8. The molecular formula is C31H44INO8. The maximum atomic E-state index is 12.7. The van der Waals surface area contributed by atoms with Gasteiger partial charge in [-0.05, 0) is 54.7 Å². The highest BCUT2D eigenvalue weighted by atomic mass is 127. The maximum absolute atomic E-state index is 12.7. The summed E-state index contributed by atoms with van der Waals surface area (Å²) in [4.78, 5) is 23.5. The highest BCUT2D eigenvalue weighted by Crippen LogP contribution is 2.43. The summed E-state index contributed by atoms with van der Waals surface area (Å²) in [5.74, 6) is 2.33. The van der Waals surface area contributed by atoms with Gasteiger partial charge in [0.15, 0.2) is 23.0 Å². The van der Waals surface area contributed by atoms with Crippen LogP contribution in [0.4, 0.5) is 0 Å². The Morgan fingerprint density at radius 1 is 0.829 bits per heavy atom. The first-order valence-electron chi connectivity index (χ1n) is 13.8. The topological polar surface area (TPSA) is 89.5 Å². The van der Waals surface area contributed by atoms with Gasteiger partial charge < -0.3 is 56.9 Å². The van der Waals surface area contributed by atoms with Gasteiger partial charge in [0.1, 0.15) is 6.04 Å². The molecule has 0 spiro atoms. The van der Waals surface area contributed by atoms with Crippen LogP contribution in [0.5, 0.6) is 23.0 Å². The number of benzene rings is 2. The van der Waals surface area contributed by atoms with Crippen molar-refractivity contribution in [3.63, 3.8) is 0 Å². The Morgan fingerprint density at radius 2 is 1.44 bits per heavy atom. The summed E-state index contributed by atoms with van der Waals surface area (Å²) in [6, 6.07) is 10.3. The van der Waals surface area contributed by atoms with Crippen LogP contribution in [0.1, 0.15) is 55.3 Å². The molecule has 0 saturated heterocycles. The number of unbranched alkanes of at least 4 members (excludes halogenated alkanes) is 2. The molecule has 228 valence electrons. The Hall–Kier alpha value is -2.73. The van der Waals surface area contributed by atoms with Crippen LogP contribution in [-0.4, -0.2) is 78.2 Å². The number of nitrogens with zero attached hydrogens (tertiary/aromatic N) is 1. The second-order valence-corrected chi connectivity index (χ2v) is 10.4. The van der Waals surface area contributed by atoms with E-state index in [0.29, 0.717) is 47.9 Å². The zero-order chi connectivity index (χ0) is 29.1. The fraction of sp³-hybridized carbons (Fsp3) is 0.548. The van der Waals surface area contributed by atoms with Gasteiger partial charge in [-0.2, -0.15) is 0 Å². The Labute approximate surface area is 261 Å². The highest BCUT2D eigenvalue weighted by molar-refractivity contribution is 5.69. The lowest BCUT2D eigenvalue weighted by Crippen LogP contribution is -3.00. The van der Waals surface area contributed by atoms with E-state index in [9.17, 15) is 9.59 Å². The molecule has 0 radical (unpaired) electrons. The van der Waals surface area contributed by atoms with Crippen molar-refractivity contribution in [2.75, 3.05) is 61.8 Å². The van der Waals surface area contributed by atoms with Crippen LogP contribution in [-0.2, 0) is 31.9 Å². The number of quaternary nitrogens is 1. The zero-order valence-corrected chi connectivity index (χ0v) is 27.3. The SMILES string of the molecule is COc1ccc(C[C@@H]2c3cc(OC)c(OC)cc3CC[N+]2(C)CCC(=O)OCCCCCOC(C)=O)cc1OC.[I-]. The molecule has 1 heterocycles. The third kappa shape index (κ3) is 9.39. The number of carbonyl (C=O) groups excluding carboxylic acids is 2. The van der Waals surface area contributed by atoms with Crippen molar-refractivity contribution in [1.82, 2.24) is 0 Å². The van der Waals surface area contributed by atoms with Gasteiger partial charge in [-0.15, -0.1) is 0 Å². The minimum atomic E-state index is -0.273. The van der Waals surface area contributed by atoms with Gasteiger partial charge in [0.2, 0.25) is 0 Å². The van der Waals surface area contributed by atoms with Crippen LogP contribution in [0.15, 0.2) is 30.3 Å². The van der Waals surface area contributed by atoms with E-state index in [1.807, 2.05) is 12.1 Å². The number of fused-ring (bicyclic) bond motifs is 1. The summed E-state index contributed by atoms with van der Waals surface area (Å²) in [5.41, 5.74) is 3.54. The Balaban J connectivity index is 0.00000588. The molecule has 2 aromatic rings. The molecule has 0 saturated carbocycles. The van der Waals surface area contributed by atoms with Crippen molar-refractivity contribution in [1.29, 1.82) is 0 Å². The smallest absolute Gasteiger partial charge is 0.311 e. The highest BCUT2D eigenvalue weighted by Gasteiger charge is 2.40. The summed E-state index contributed by atoms with van der Waals surface area (Å²) in [5, 5.41) is 0. The normalized spacial score (nSPS) is 17.5. The quantitative estimate of drug-likeness (QED) is 0.121. The molecule has 0 aliphatic carbocycles. The van der Waals surface area contributed by atoms with E-state index in [0.717, 1.165) is 50.0 Å². The van der Waals surface area contributed by atoms with Crippen molar-refractivity contribution in [3.8, 4) is 23.0 Å². The molecular weight excluding hydrogens is 641 g/mol. The molecule has 1 unspecified atom stereocenters. The average Bonchev–Trinajstić information content (AvgIpc) is 2.96. The fourth-order valence-electron chi connectivity index (χ4n) is 5.36.